The van der Waals surface area contributed by atoms with E-state index in [1.807, 2.05) is 0 Å². The molecule has 0 aromatic rings. The van der Waals surface area contributed by atoms with Crippen LogP contribution in [0.4, 0.5) is 0 Å². The molecule has 0 unspecified atom stereocenters. The number of esters is 2. The van der Waals surface area contributed by atoms with Gasteiger partial charge in [0.05, 0.1) is 11.5 Å². The van der Waals surface area contributed by atoms with E-state index in [9.17, 15) is 26.4 Å². The summed E-state index contributed by atoms with van der Waals surface area (Å²) >= 11 is 0. The Bertz CT molecular complexity index is 742. The van der Waals surface area contributed by atoms with Crippen LogP contribution in [0.15, 0.2) is 0 Å². The van der Waals surface area contributed by atoms with E-state index in [1.165, 1.54) is 0 Å². The van der Waals surface area contributed by atoms with E-state index in [0.717, 1.165) is 64.2 Å². The molecule has 0 spiro atoms. The van der Waals surface area contributed by atoms with Crippen molar-refractivity contribution in [2.75, 3.05) is 24.7 Å². The topological polar surface area (TPSA) is 139 Å². The second-order valence-electron chi connectivity index (χ2n) is 8.61. The van der Waals surface area contributed by atoms with Crippen molar-refractivity contribution in [3.05, 3.63) is 0 Å². The third-order valence-corrected chi connectivity index (χ3v) is 8.23. The fourth-order valence-electron chi connectivity index (χ4n) is 3.93. The number of carbonyl (C=O) groups excluding carboxylic acids is 2. The Labute approximate surface area is 196 Å². The van der Waals surface area contributed by atoms with E-state index >= 15 is 0 Å². The number of rotatable bonds is 14. The van der Waals surface area contributed by atoms with Gasteiger partial charge in [-0.1, -0.05) is 19.3 Å². The monoisotopic (exact) mass is 512 g/mol. The lowest BCUT2D eigenvalue weighted by Crippen LogP contribution is -2.25. The molecule has 2 aliphatic carbocycles. The highest BCUT2D eigenvalue weighted by molar-refractivity contribution is 7.87. The smallest absolute Gasteiger partial charge is 0.333 e. The molecule has 2 rings (SSSR count). The van der Waals surface area contributed by atoms with Gasteiger partial charge >= 0.3 is 11.9 Å². The lowest BCUT2D eigenvalue weighted by atomic mass is 9.98. The van der Waals surface area contributed by atoms with E-state index in [-0.39, 0.29) is 36.6 Å². The molecular weight excluding hydrogens is 476 g/mol. The molecule has 0 aliphatic heterocycles. The van der Waals surface area contributed by atoms with Gasteiger partial charge in [-0.25, -0.2) is 9.59 Å². The van der Waals surface area contributed by atoms with Gasteiger partial charge in [0, 0.05) is 0 Å². The lowest BCUT2D eigenvalue weighted by molar-refractivity contribution is -0.153. The summed E-state index contributed by atoms with van der Waals surface area (Å²) in [6, 6.07) is 0. The maximum absolute atomic E-state index is 11.9. The van der Waals surface area contributed by atoms with Gasteiger partial charge in [0.25, 0.3) is 20.2 Å². The van der Waals surface area contributed by atoms with Gasteiger partial charge in [-0.15, -0.1) is 0 Å². The Hall–Kier alpha value is -1.24. The summed E-state index contributed by atoms with van der Waals surface area (Å²) in [6.45, 7) is -1.31. The van der Waals surface area contributed by atoms with Gasteiger partial charge in [-0.2, -0.15) is 16.8 Å². The summed E-state index contributed by atoms with van der Waals surface area (Å²) in [7, 11) is -7.82. The summed E-state index contributed by atoms with van der Waals surface area (Å²) in [5.41, 5.74) is 0. The molecule has 0 bridgehead atoms. The minimum atomic E-state index is -3.91. The zero-order valence-electron chi connectivity index (χ0n) is 19.1. The molecule has 2 saturated carbocycles. The Morgan fingerprint density at radius 2 is 0.939 bits per heavy atom. The zero-order valence-corrected chi connectivity index (χ0v) is 20.7. The number of ether oxygens (including phenoxy) is 2. The van der Waals surface area contributed by atoms with Crippen molar-refractivity contribution >= 4 is 32.2 Å². The maximum atomic E-state index is 11.9. The molecule has 10 nitrogen and oxygen atoms in total. The average molecular weight is 513 g/mol. The van der Waals surface area contributed by atoms with Crippen molar-refractivity contribution in [1.29, 1.82) is 0 Å². The molecule has 0 saturated heterocycles. The summed E-state index contributed by atoms with van der Waals surface area (Å²) < 4.78 is 67.5. The summed E-state index contributed by atoms with van der Waals surface area (Å²) in [5, 5.41) is 0. The molecule has 33 heavy (non-hydrogen) atoms. The highest BCUT2D eigenvalue weighted by Gasteiger charge is 2.22. The van der Waals surface area contributed by atoms with Crippen LogP contribution < -0.4 is 0 Å². The average Bonchev–Trinajstić information content (AvgIpc) is 2.78. The van der Waals surface area contributed by atoms with Crippen molar-refractivity contribution in [3.8, 4) is 0 Å². The molecule has 0 aromatic heterocycles. The second kappa shape index (κ2) is 14.2. The van der Waals surface area contributed by atoms with Crippen molar-refractivity contribution in [2.45, 2.75) is 95.7 Å². The predicted molar refractivity (Wildman–Crippen MR) is 119 cm³/mol. The zero-order chi connectivity index (χ0) is 24.2. The molecule has 0 aromatic carbocycles. The van der Waals surface area contributed by atoms with Crippen molar-refractivity contribution in [3.63, 3.8) is 0 Å². The largest absolute Gasteiger partial charge is 0.461 e. The lowest BCUT2D eigenvalue weighted by Gasteiger charge is -2.21. The van der Waals surface area contributed by atoms with E-state index in [1.54, 1.807) is 0 Å². The molecule has 192 valence electrons. The molecule has 0 heterocycles. The van der Waals surface area contributed by atoms with Crippen LogP contribution in [0.3, 0.4) is 0 Å². The molecule has 0 atom stereocenters. The van der Waals surface area contributed by atoms with Crippen molar-refractivity contribution < 1.29 is 44.3 Å². The van der Waals surface area contributed by atoms with Crippen LogP contribution in [-0.4, -0.2) is 65.7 Å². The second-order valence-corrected chi connectivity index (χ2v) is 12.1. The van der Waals surface area contributed by atoms with Gasteiger partial charge in [0.2, 0.25) is 0 Å². The Morgan fingerprint density at radius 3 is 1.30 bits per heavy atom. The Morgan fingerprint density at radius 1 is 0.576 bits per heavy atom. The van der Waals surface area contributed by atoms with Crippen molar-refractivity contribution in [1.82, 2.24) is 0 Å². The standard InChI is InChI=1S/C21H36O10S2/c22-20(30-18-10-4-1-5-11-18)16-28-32(24,25)14-8-3-9-15-33(26,27)29-17-21(23)31-19-12-6-2-7-13-19/h18-19H,1-17H2. The predicted octanol–water partition coefficient (Wildman–Crippen LogP) is 2.60. The quantitative estimate of drug-likeness (QED) is 0.194. The first-order chi connectivity index (χ1) is 15.7. The Balaban J connectivity index is 1.54. The van der Waals surface area contributed by atoms with E-state index in [4.69, 9.17) is 17.8 Å². The molecule has 0 N–H and O–H groups in total. The summed E-state index contributed by atoms with van der Waals surface area (Å²) in [6.07, 6.45) is 9.60. The van der Waals surface area contributed by atoms with Crippen LogP contribution >= 0.6 is 0 Å². The highest BCUT2D eigenvalue weighted by atomic mass is 32.2. The fraction of sp³-hybridized carbons (Fsp3) is 0.905. The third-order valence-electron chi connectivity index (χ3n) is 5.70. The van der Waals surface area contributed by atoms with Crippen LogP contribution in [-0.2, 0) is 47.7 Å². The molecular formula is C21H36O10S2. The molecule has 12 heteroatoms. The molecule has 2 aliphatic rings. The summed E-state index contributed by atoms with van der Waals surface area (Å²) in [4.78, 5) is 23.5. The molecule has 0 amide bonds. The summed E-state index contributed by atoms with van der Waals surface area (Å²) in [5.74, 6) is -2.07. The van der Waals surface area contributed by atoms with E-state index < -0.39 is 45.4 Å². The minimum Gasteiger partial charge on any atom is -0.461 e. The van der Waals surface area contributed by atoms with Crippen LogP contribution in [0.25, 0.3) is 0 Å². The first-order valence-electron chi connectivity index (χ1n) is 11.8. The van der Waals surface area contributed by atoms with Crippen LogP contribution in [0, 0.1) is 0 Å². The molecule has 0 radical (unpaired) electrons. The van der Waals surface area contributed by atoms with Crippen LogP contribution in [0.5, 0.6) is 0 Å². The number of carbonyl (C=O) groups is 2. The van der Waals surface area contributed by atoms with Crippen LogP contribution in [0.1, 0.15) is 83.5 Å². The van der Waals surface area contributed by atoms with E-state index in [0.29, 0.717) is 6.42 Å². The highest BCUT2D eigenvalue weighted by Crippen LogP contribution is 2.21. The number of unbranched alkanes of at least 4 members (excludes halogenated alkanes) is 2. The number of hydrogen-bond donors (Lipinski definition) is 0. The minimum absolute atomic E-state index is 0.166. The van der Waals surface area contributed by atoms with Gasteiger partial charge < -0.3 is 9.47 Å². The van der Waals surface area contributed by atoms with Gasteiger partial charge in [0.1, 0.15) is 12.2 Å². The normalized spacial score (nSPS) is 18.7. The SMILES string of the molecule is O=C(COS(=O)(=O)CCCCCS(=O)(=O)OCC(=O)OC1CCCCC1)OC1CCCCC1. The van der Waals surface area contributed by atoms with E-state index in [2.05, 4.69) is 0 Å². The van der Waals surface area contributed by atoms with Gasteiger partial charge in [-0.05, 0) is 64.2 Å². The number of hydrogen-bond acceptors (Lipinski definition) is 10. The third kappa shape index (κ3) is 12.7. The first-order valence-corrected chi connectivity index (χ1v) is 14.9. The Kier molecular flexibility index (Phi) is 12.1. The van der Waals surface area contributed by atoms with Crippen LogP contribution in [0.2, 0.25) is 0 Å². The van der Waals surface area contributed by atoms with Gasteiger partial charge in [-0.3, -0.25) is 8.37 Å². The van der Waals surface area contributed by atoms with Crippen molar-refractivity contribution in [2.24, 2.45) is 0 Å². The maximum Gasteiger partial charge on any atom is 0.333 e. The molecule has 2 fully saturated rings. The first kappa shape index (κ1) is 28.0. The fourth-order valence-corrected chi connectivity index (χ4v) is 5.84. The van der Waals surface area contributed by atoms with Gasteiger partial charge in [0.15, 0.2) is 13.2 Å².